The molecule has 6 nitrogen and oxygen atoms in total. The minimum atomic E-state index is -1.10. The van der Waals surface area contributed by atoms with Crippen molar-refractivity contribution in [2.24, 2.45) is 5.41 Å². The van der Waals surface area contributed by atoms with Crippen LogP contribution < -0.4 is 5.32 Å². The van der Waals surface area contributed by atoms with Gasteiger partial charge in [0.2, 0.25) is 5.91 Å². The third-order valence-electron chi connectivity index (χ3n) is 2.73. The molecule has 0 spiro atoms. The molecule has 0 radical (unpaired) electrons. The van der Waals surface area contributed by atoms with E-state index < -0.39 is 17.4 Å². The number of amides is 1. The Labute approximate surface area is 86.3 Å². The van der Waals surface area contributed by atoms with Crippen LogP contribution in [0.2, 0.25) is 0 Å². The minimum absolute atomic E-state index is 0.0223. The van der Waals surface area contributed by atoms with E-state index in [1.165, 1.54) is 0 Å². The Balaban J connectivity index is 2.67. The van der Waals surface area contributed by atoms with E-state index in [2.05, 4.69) is 5.32 Å². The highest BCUT2D eigenvalue weighted by Crippen LogP contribution is 2.32. The van der Waals surface area contributed by atoms with Crippen LogP contribution in [0.1, 0.15) is 25.7 Å². The molecule has 1 fully saturated rings. The summed E-state index contributed by atoms with van der Waals surface area (Å²) in [5, 5.41) is 20.0. The van der Waals surface area contributed by atoms with Crippen molar-refractivity contribution in [3.63, 3.8) is 0 Å². The predicted molar refractivity (Wildman–Crippen MR) is 49.2 cm³/mol. The molecular formula is C9H13NO5. The molecule has 0 bridgehead atoms. The first-order valence-electron chi connectivity index (χ1n) is 4.68. The van der Waals surface area contributed by atoms with Crippen LogP contribution >= 0.6 is 0 Å². The van der Waals surface area contributed by atoms with Crippen LogP contribution in [0.15, 0.2) is 0 Å². The second-order valence-corrected chi connectivity index (χ2v) is 3.76. The first-order chi connectivity index (χ1) is 6.96. The fraction of sp³-hybridized carbons (Fsp3) is 0.667. The monoisotopic (exact) mass is 215 g/mol. The Hall–Kier alpha value is -1.59. The van der Waals surface area contributed by atoms with E-state index in [0.717, 1.165) is 0 Å². The van der Waals surface area contributed by atoms with Crippen LogP contribution in [0.5, 0.6) is 0 Å². The highest BCUT2D eigenvalue weighted by Gasteiger charge is 2.41. The second-order valence-electron chi connectivity index (χ2n) is 3.76. The van der Waals surface area contributed by atoms with Gasteiger partial charge < -0.3 is 15.5 Å². The normalized spacial score (nSPS) is 25.7. The Morgan fingerprint density at radius 2 is 2.07 bits per heavy atom. The van der Waals surface area contributed by atoms with E-state index in [-0.39, 0.29) is 38.1 Å². The summed E-state index contributed by atoms with van der Waals surface area (Å²) < 4.78 is 0. The number of rotatable bonds is 4. The molecular weight excluding hydrogens is 202 g/mol. The lowest BCUT2D eigenvalue weighted by Crippen LogP contribution is -2.48. The van der Waals surface area contributed by atoms with E-state index in [4.69, 9.17) is 10.2 Å². The molecule has 6 heteroatoms. The van der Waals surface area contributed by atoms with Crippen molar-refractivity contribution in [1.82, 2.24) is 5.32 Å². The summed E-state index contributed by atoms with van der Waals surface area (Å²) >= 11 is 0. The number of hydrogen-bond donors (Lipinski definition) is 3. The lowest BCUT2D eigenvalue weighted by Gasteiger charge is -2.32. The molecule has 0 aromatic rings. The lowest BCUT2D eigenvalue weighted by molar-refractivity contribution is -0.152. The Bertz CT molecular complexity index is 289. The van der Waals surface area contributed by atoms with E-state index in [0.29, 0.717) is 0 Å². The third-order valence-corrected chi connectivity index (χ3v) is 2.73. The summed E-state index contributed by atoms with van der Waals surface area (Å²) in [6.45, 7) is 0.0223. The average Bonchev–Trinajstić information content (AvgIpc) is 2.17. The van der Waals surface area contributed by atoms with Crippen LogP contribution in [0.3, 0.4) is 0 Å². The molecule has 0 aromatic carbocycles. The lowest BCUT2D eigenvalue weighted by atomic mass is 9.77. The molecule has 0 aliphatic carbocycles. The van der Waals surface area contributed by atoms with E-state index >= 15 is 0 Å². The van der Waals surface area contributed by atoms with Gasteiger partial charge in [0, 0.05) is 19.4 Å². The van der Waals surface area contributed by atoms with Gasteiger partial charge in [0.1, 0.15) is 0 Å². The van der Waals surface area contributed by atoms with Gasteiger partial charge in [0.15, 0.2) is 0 Å². The molecule has 1 amide bonds. The van der Waals surface area contributed by atoms with Crippen molar-refractivity contribution in [2.45, 2.75) is 25.7 Å². The maximum atomic E-state index is 11.1. The van der Waals surface area contributed by atoms with E-state index in [9.17, 15) is 14.4 Å². The molecule has 1 atom stereocenters. The van der Waals surface area contributed by atoms with Crippen molar-refractivity contribution in [3.8, 4) is 0 Å². The highest BCUT2D eigenvalue weighted by molar-refractivity contribution is 5.83. The molecule has 0 saturated carbocycles. The van der Waals surface area contributed by atoms with Crippen molar-refractivity contribution < 1.29 is 24.6 Å². The number of piperidine rings is 1. The van der Waals surface area contributed by atoms with Gasteiger partial charge in [-0.05, 0) is 12.8 Å². The van der Waals surface area contributed by atoms with Crippen LogP contribution in [0.25, 0.3) is 0 Å². The quantitative estimate of drug-likeness (QED) is 0.604. The van der Waals surface area contributed by atoms with E-state index in [1.54, 1.807) is 0 Å². The van der Waals surface area contributed by atoms with Crippen LogP contribution in [-0.2, 0) is 14.4 Å². The van der Waals surface area contributed by atoms with Crippen molar-refractivity contribution in [1.29, 1.82) is 0 Å². The molecule has 1 aliphatic rings. The van der Waals surface area contributed by atoms with Gasteiger partial charge >= 0.3 is 11.9 Å². The summed E-state index contributed by atoms with van der Waals surface area (Å²) in [6.07, 6.45) is 0.216. The summed E-state index contributed by atoms with van der Waals surface area (Å²) in [7, 11) is 0. The van der Waals surface area contributed by atoms with Crippen molar-refractivity contribution in [3.05, 3.63) is 0 Å². The van der Waals surface area contributed by atoms with Gasteiger partial charge in [0.25, 0.3) is 0 Å². The third kappa shape index (κ3) is 2.68. The number of carbonyl (C=O) groups is 3. The van der Waals surface area contributed by atoms with Crippen LogP contribution in [0, 0.1) is 5.41 Å². The standard InChI is InChI=1S/C9H13NO5/c11-6-1-3-9(5-10-6,8(14)15)4-2-7(12)13/h1-5H2,(H,10,11)(H,12,13)(H,14,15)/t9-/m1/s1. The smallest absolute Gasteiger partial charge is 0.311 e. The maximum Gasteiger partial charge on any atom is 0.311 e. The highest BCUT2D eigenvalue weighted by atomic mass is 16.4. The van der Waals surface area contributed by atoms with Crippen molar-refractivity contribution in [2.75, 3.05) is 6.54 Å². The number of carbonyl (C=O) groups excluding carboxylic acids is 1. The largest absolute Gasteiger partial charge is 0.481 e. The molecule has 1 rings (SSSR count). The number of carboxylic acid groups (broad SMARTS) is 2. The van der Waals surface area contributed by atoms with Crippen molar-refractivity contribution >= 4 is 17.8 Å². The Morgan fingerprint density at radius 3 is 2.47 bits per heavy atom. The van der Waals surface area contributed by atoms with Gasteiger partial charge in [0.05, 0.1) is 5.41 Å². The molecule has 3 N–H and O–H groups in total. The second kappa shape index (κ2) is 4.29. The minimum Gasteiger partial charge on any atom is -0.481 e. The van der Waals surface area contributed by atoms with Crippen LogP contribution in [0.4, 0.5) is 0 Å². The number of hydrogen-bond acceptors (Lipinski definition) is 3. The van der Waals surface area contributed by atoms with Gasteiger partial charge in [-0.25, -0.2) is 0 Å². The molecule has 0 aromatic heterocycles. The molecule has 1 saturated heterocycles. The topological polar surface area (TPSA) is 104 Å². The summed E-state index contributed by atoms with van der Waals surface area (Å²) in [4.78, 5) is 32.3. The van der Waals surface area contributed by atoms with E-state index in [1.807, 2.05) is 0 Å². The zero-order valence-electron chi connectivity index (χ0n) is 8.15. The average molecular weight is 215 g/mol. The summed E-state index contributed by atoms with van der Waals surface area (Å²) in [5.74, 6) is -2.24. The number of nitrogens with one attached hydrogen (secondary N) is 1. The molecule has 1 aliphatic heterocycles. The summed E-state index contributed by atoms with van der Waals surface area (Å²) in [6, 6.07) is 0. The molecule has 0 unspecified atom stereocenters. The number of aliphatic carboxylic acids is 2. The zero-order valence-corrected chi connectivity index (χ0v) is 8.15. The van der Waals surface area contributed by atoms with Gasteiger partial charge in [-0.15, -0.1) is 0 Å². The Morgan fingerprint density at radius 1 is 1.40 bits per heavy atom. The first kappa shape index (κ1) is 11.5. The zero-order chi connectivity index (χ0) is 11.5. The fourth-order valence-electron chi connectivity index (χ4n) is 1.65. The number of carboxylic acids is 2. The molecule has 15 heavy (non-hydrogen) atoms. The van der Waals surface area contributed by atoms with Crippen LogP contribution in [-0.4, -0.2) is 34.6 Å². The van der Waals surface area contributed by atoms with Gasteiger partial charge in [-0.2, -0.15) is 0 Å². The van der Waals surface area contributed by atoms with Gasteiger partial charge in [-0.3, -0.25) is 14.4 Å². The first-order valence-corrected chi connectivity index (χ1v) is 4.68. The Kier molecular flexibility index (Phi) is 3.28. The maximum absolute atomic E-state index is 11.1. The molecule has 84 valence electrons. The summed E-state index contributed by atoms with van der Waals surface area (Å²) in [5.41, 5.74) is -1.10. The SMILES string of the molecule is O=C(O)CC[C@]1(C(=O)O)CCC(=O)NC1. The molecule has 1 heterocycles. The van der Waals surface area contributed by atoms with Gasteiger partial charge in [-0.1, -0.05) is 0 Å². The fourth-order valence-corrected chi connectivity index (χ4v) is 1.65. The predicted octanol–water partition coefficient (Wildman–Crippen LogP) is -0.168.